The fraction of sp³-hybridized carbons (Fsp3) is 0.929. The molecule has 0 bridgehead atoms. The second-order valence-electron chi connectivity index (χ2n) is 5.81. The highest BCUT2D eigenvalue weighted by atomic mass is 16.1. The molecule has 0 radical (unpaired) electrons. The Bertz CT molecular complexity index is 243. The molecule has 0 aromatic rings. The van der Waals surface area contributed by atoms with Crippen molar-refractivity contribution >= 4 is 5.91 Å². The Morgan fingerprint density at radius 2 is 1.65 bits per heavy atom. The summed E-state index contributed by atoms with van der Waals surface area (Å²) in [5.41, 5.74) is 5.98. The van der Waals surface area contributed by atoms with E-state index in [0.29, 0.717) is 18.4 Å². The van der Waals surface area contributed by atoms with Gasteiger partial charge in [0.25, 0.3) is 0 Å². The minimum atomic E-state index is 0.101. The van der Waals surface area contributed by atoms with Crippen molar-refractivity contribution in [2.24, 2.45) is 11.7 Å². The third-order valence-electron chi connectivity index (χ3n) is 4.12. The molecule has 2 rings (SSSR count). The van der Waals surface area contributed by atoms with Gasteiger partial charge in [0.1, 0.15) is 0 Å². The predicted molar refractivity (Wildman–Crippen MR) is 69.6 cm³/mol. The first kappa shape index (κ1) is 12.9. The van der Waals surface area contributed by atoms with Gasteiger partial charge in [0.05, 0.1) is 0 Å². The monoisotopic (exact) mass is 238 g/mol. The summed E-state index contributed by atoms with van der Waals surface area (Å²) >= 11 is 0. The first-order valence-corrected chi connectivity index (χ1v) is 7.30. The first-order chi connectivity index (χ1) is 8.25. The van der Waals surface area contributed by atoms with Crippen LogP contribution in [0.2, 0.25) is 0 Å². The third-order valence-corrected chi connectivity index (χ3v) is 4.12. The molecule has 1 amide bonds. The number of hydrogen-bond acceptors (Lipinski definition) is 2. The van der Waals surface area contributed by atoms with Crippen molar-refractivity contribution in [3.63, 3.8) is 0 Å². The smallest absolute Gasteiger partial charge is 0.221 e. The van der Waals surface area contributed by atoms with Crippen LogP contribution in [0, 0.1) is 5.92 Å². The molecule has 2 saturated carbocycles. The largest absolute Gasteiger partial charge is 0.353 e. The lowest BCUT2D eigenvalue weighted by Crippen LogP contribution is -2.39. The van der Waals surface area contributed by atoms with E-state index in [1.165, 1.54) is 44.9 Å². The van der Waals surface area contributed by atoms with Gasteiger partial charge >= 0.3 is 0 Å². The topological polar surface area (TPSA) is 55.1 Å². The average molecular weight is 238 g/mol. The molecule has 2 aliphatic carbocycles. The standard InChI is InChI=1S/C14H26N2O/c15-13(11-8-9-11)10-14(17)16-12-6-4-2-1-3-5-7-12/h11-13H,1-10,15H2,(H,16,17). The predicted octanol–water partition coefficient (Wildman–Crippen LogP) is 2.34. The Morgan fingerprint density at radius 1 is 1.06 bits per heavy atom. The second-order valence-corrected chi connectivity index (χ2v) is 5.81. The molecular formula is C14H26N2O. The number of nitrogens with one attached hydrogen (secondary N) is 1. The van der Waals surface area contributed by atoms with Crippen LogP contribution in [0.1, 0.15) is 64.2 Å². The summed E-state index contributed by atoms with van der Waals surface area (Å²) in [6.07, 6.45) is 11.8. The zero-order valence-corrected chi connectivity index (χ0v) is 10.8. The van der Waals surface area contributed by atoms with Gasteiger partial charge in [-0.2, -0.15) is 0 Å². The molecule has 0 aromatic carbocycles. The van der Waals surface area contributed by atoms with Crippen LogP contribution in [0.3, 0.4) is 0 Å². The van der Waals surface area contributed by atoms with Gasteiger partial charge in [-0.3, -0.25) is 4.79 Å². The van der Waals surface area contributed by atoms with Crippen molar-refractivity contribution in [3.05, 3.63) is 0 Å². The van der Waals surface area contributed by atoms with Crippen molar-refractivity contribution in [1.29, 1.82) is 0 Å². The number of amides is 1. The molecule has 3 N–H and O–H groups in total. The highest BCUT2D eigenvalue weighted by Crippen LogP contribution is 2.32. The highest BCUT2D eigenvalue weighted by Gasteiger charge is 2.30. The SMILES string of the molecule is NC(CC(=O)NC1CCCCCCC1)C1CC1. The molecule has 2 fully saturated rings. The summed E-state index contributed by atoms with van der Waals surface area (Å²) in [6, 6.07) is 0.512. The Balaban J connectivity index is 1.68. The molecule has 1 unspecified atom stereocenters. The van der Waals surface area contributed by atoms with E-state index in [2.05, 4.69) is 5.32 Å². The molecule has 98 valence electrons. The number of hydrogen-bond donors (Lipinski definition) is 2. The summed E-state index contributed by atoms with van der Waals surface area (Å²) < 4.78 is 0. The van der Waals surface area contributed by atoms with E-state index in [1.807, 2.05) is 0 Å². The van der Waals surface area contributed by atoms with Crippen LogP contribution < -0.4 is 11.1 Å². The van der Waals surface area contributed by atoms with Gasteiger partial charge < -0.3 is 11.1 Å². The maximum absolute atomic E-state index is 11.9. The minimum absolute atomic E-state index is 0.101. The fourth-order valence-electron chi connectivity index (χ4n) is 2.79. The highest BCUT2D eigenvalue weighted by molar-refractivity contribution is 5.76. The minimum Gasteiger partial charge on any atom is -0.353 e. The zero-order chi connectivity index (χ0) is 12.1. The van der Waals surface area contributed by atoms with E-state index >= 15 is 0 Å². The van der Waals surface area contributed by atoms with Crippen LogP contribution >= 0.6 is 0 Å². The number of carbonyl (C=O) groups is 1. The van der Waals surface area contributed by atoms with Crippen LogP contribution in [-0.2, 0) is 4.79 Å². The van der Waals surface area contributed by atoms with Crippen molar-refractivity contribution in [2.45, 2.75) is 76.3 Å². The van der Waals surface area contributed by atoms with Gasteiger partial charge in [-0.1, -0.05) is 32.1 Å². The molecule has 0 aromatic heterocycles. The molecule has 0 heterocycles. The van der Waals surface area contributed by atoms with Crippen molar-refractivity contribution < 1.29 is 4.79 Å². The van der Waals surface area contributed by atoms with Crippen LogP contribution in [0.5, 0.6) is 0 Å². The van der Waals surface area contributed by atoms with Gasteiger partial charge in [0.2, 0.25) is 5.91 Å². The van der Waals surface area contributed by atoms with E-state index in [9.17, 15) is 4.79 Å². The lowest BCUT2D eigenvalue weighted by Gasteiger charge is -2.22. The molecule has 0 spiro atoms. The van der Waals surface area contributed by atoms with E-state index in [0.717, 1.165) is 12.8 Å². The summed E-state index contributed by atoms with van der Waals surface area (Å²) in [5.74, 6) is 0.799. The molecule has 17 heavy (non-hydrogen) atoms. The summed E-state index contributed by atoms with van der Waals surface area (Å²) in [6.45, 7) is 0. The molecule has 0 aliphatic heterocycles. The fourth-order valence-corrected chi connectivity index (χ4v) is 2.79. The van der Waals surface area contributed by atoms with Gasteiger partial charge in [-0.15, -0.1) is 0 Å². The molecular weight excluding hydrogens is 212 g/mol. The van der Waals surface area contributed by atoms with Crippen LogP contribution in [0.4, 0.5) is 0 Å². The van der Waals surface area contributed by atoms with Gasteiger partial charge in [0, 0.05) is 18.5 Å². The van der Waals surface area contributed by atoms with Crippen LogP contribution in [0.25, 0.3) is 0 Å². The summed E-state index contributed by atoms with van der Waals surface area (Å²) in [7, 11) is 0. The van der Waals surface area contributed by atoms with Gasteiger partial charge in [-0.25, -0.2) is 0 Å². The van der Waals surface area contributed by atoms with Gasteiger partial charge in [0.15, 0.2) is 0 Å². The molecule has 0 saturated heterocycles. The number of nitrogens with two attached hydrogens (primary N) is 1. The molecule has 3 heteroatoms. The quantitative estimate of drug-likeness (QED) is 0.790. The van der Waals surface area contributed by atoms with Crippen molar-refractivity contribution in [3.8, 4) is 0 Å². The Kier molecular flexibility index (Phi) is 4.84. The number of carbonyl (C=O) groups excluding carboxylic acids is 1. The van der Waals surface area contributed by atoms with E-state index in [-0.39, 0.29) is 11.9 Å². The van der Waals surface area contributed by atoms with Crippen molar-refractivity contribution in [1.82, 2.24) is 5.32 Å². The second kappa shape index (κ2) is 6.39. The third kappa shape index (κ3) is 4.66. The number of rotatable bonds is 4. The van der Waals surface area contributed by atoms with E-state index in [4.69, 9.17) is 5.73 Å². The normalized spacial score (nSPS) is 24.8. The first-order valence-electron chi connectivity index (χ1n) is 7.30. The Hall–Kier alpha value is -0.570. The molecule has 3 nitrogen and oxygen atoms in total. The lowest BCUT2D eigenvalue weighted by atomic mass is 9.96. The van der Waals surface area contributed by atoms with E-state index in [1.54, 1.807) is 0 Å². The van der Waals surface area contributed by atoms with Crippen LogP contribution in [0.15, 0.2) is 0 Å². The molecule has 1 atom stereocenters. The Labute approximate surface area is 105 Å². The zero-order valence-electron chi connectivity index (χ0n) is 10.8. The maximum Gasteiger partial charge on any atom is 0.221 e. The summed E-state index contributed by atoms with van der Waals surface area (Å²) in [4.78, 5) is 11.9. The van der Waals surface area contributed by atoms with Crippen molar-refractivity contribution in [2.75, 3.05) is 0 Å². The average Bonchev–Trinajstić information content (AvgIpc) is 3.05. The Morgan fingerprint density at radius 3 is 2.24 bits per heavy atom. The maximum atomic E-state index is 11.9. The lowest BCUT2D eigenvalue weighted by molar-refractivity contribution is -0.122. The van der Waals surface area contributed by atoms with E-state index < -0.39 is 0 Å². The summed E-state index contributed by atoms with van der Waals surface area (Å²) in [5, 5.41) is 3.18. The molecule has 2 aliphatic rings. The van der Waals surface area contributed by atoms with Gasteiger partial charge in [-0.05, 0) is 31.6 Å². The van der Waals surface area contributed by atoms with Crippen LogP contribution in [-0.4, -0.2) is 18.0 Å².